The molecular weight excluding hydrogens is 282 g/mol. The summed E-state index contributed by atoms with van der Waals surface area (Å²) >= 11 is 0. The molecule has 1 atom stereocenters. The molecule has 0 saturated heterocycles. The van der Waals surface area contributed by atoms with Gasteiger partial charge in [-0.05, 0) is 23.3 Å². The highest BCUT2D eigenvalue weighted by Crippen LogP contribution is 2.18. The fourth-order valence-electron chi connectivity index (χ4n) is 1.98. The first-order valence-corrected chi connectivity index (χ1v) is 6.95. The van der Waals surface area contributed by atoms with Crippen molar-refractivity contribution in [3.05, 3.63) is 65.7 Å². The monoisotopic (exact) mass is 301 g/mol. The van der Waals surface area contributed by atoms with Gasteiger partial charge in [-0.3, -0.25) is 0 Å². The normalized spacial score (nSPS) is 11.7. The minimum Gasteiger partial charge on any atom is -0.508 e. The Labute approximate surface area is 129 Å². The number of ether oxygens (including phenoxy) is 2. The van der Waals surface area contributed by atoms with Crippen LogP contribution >= 0.6 is 0 Å². The fraction of sp³-hybridized carbons (Fsp3) is 0.235. The maximum Gasteiger partial charge on any atom is 0.407 e. The molecule has 0 spiro atoms. The number of methoxy groups -OCH3 is 1. The molecule has 116 valence electrons. The van der Waals surface area contributed by atoms with Crippen LogP contribution in [0.5, 0.6) is 5.75 Å². The second-order valence-electron chi connectivity index (χ2n) is 4.76. The van der Waals surface area contributed by atoms with E-state index >= 15 is 0 Å². The molecule has 2 rings (SSSR count). The van der Waals surface area contributed by atoms with Gasteiger partial charge in [0.05, 0.1) is 12.6 Å². The zero-order valence-corrected chi connectivity index (χ0v) is 12.4. The van der Waals surface area contributed by atoms with E-state index in [0.717, 1.165) is 11.1 Å². The van der Waals surface area contributed by atoms with Crippen LogP contribution < -0.4 is 5.32 Å². The number of benzene rings is 2. The van der Waals surface area contributed by atoms with Crippen LogP contribution in [0.2, 0.25) is 0 Å². The number of phenolic OH excluding ortho intramolecular Hbond substituents is 1. The highest BCUT2D eigenvalue weighted by atomic mass is 16.5. The van der Waals surface area contributed by atoms with Crippen LogP contribution in [0, 0.1) is 0 Å². The van der Waals surface area contributed by atoms with Gasteiger partial charge < -0.3 is 19.9 Å². The molecular formula is C17H19NO4. The van der Waals surface area contributed by atoms with E-state index < -0.39 is 6.09 Å². The van der Waals surface area contributed by atoms with Gasteiger partial charge in [0.25, 0.3) is 0 Å². The molecule has 0 heterocycles. The molecule has 0 bridgehead atoms. The maximum absolute atomic E-state index is 11.7. The van der Waals surface area contributed by atoms with Crippen LogP contribution in [-0.4, -0.2) is 24.9 Å². The molecule has 0 aliphatic heterocycles. The highest BCUT2D eigenvalue weighted by Gasteiger charge is 2.12. The average Bonchev–Trinajstić information content (AvgIpc) is 2.56. The van der Waals surface area contributed by atoms with Gasteiger partial charge in [0.15, 0.2) is 0 Å². The summed E-state index contributed by atoms with van der Waals surface area (Å²) in [5.74, 6) is 0.189. The van der Waals surface area contributed by atoms with E-state index in [1.165, 1.54) is 0 Å². The predicted molar refractivity (Wildman–Crippen MR) is 82.5 cm³/mol. The van der Waals surface area contributed by atoms with E-state index in [1.54, 1.807) is 31.4 Å². The number of alkyl carbamates (subject to hydrolysis) is 1. The molecule has 2 aromatic rings. The lowest BCUT2D eigenvalue weighted by Crippen LogP contribution is -2.29. The van der Waals surface area contributed by atoms with Gasteiger partial charge >= 0.3 is 6.09 Å². The first-order chi connectivity index (χ1) is 10.7. The molecule has 5 heteroatoms. The van der Waals surface area contributed by atoms with Crippen LogP contribution in [-0.2, 0) is 16.1 Å². The summed E-state index contributed by atoms with van der Waals surface area (Å²) in [6, 6.07) is 16.1. The average molecular weight is 301 g/mol. The molecule has 2 aromatic carbocycles. The molecule has 1 amide bonds. The van der Waals surface area contributed by atoms with Gasteiger partial charge in [0, 0.05) is 7.11 Å². The third-order valence-corrected chi connectivity index (χ3v) is 3.19. The van der Waals surface area contributed by atoms with Crippen molar-refractivity contribution in [2.24, 2.45) is 0 Å². The van der Waals surface area contributed by atoms with E-state index in [1.807, 2.05) is 30.3 Å². The van der Waals surface area contributed by atoms with Crippen LogP contribution in [0.25, 0.3) is 0 Å². The topological polar surface area (TPSA) is 67.8 Å². The van der Waals surface area contributed by atoms with E-state index in [0.29, 0.717) is 0 Å². The van der Waals surface area contributed by atoms with Crippen molar-refractivity contribution in [3.8, 4) is 5.75 Å². The van der Waals surface area contributed by atoms with E-state index in [-0.39, 0.29) is 25.0 Å². The number of hydrogen-bond donors (Lipinski definition) is 2. The number of phenols is 1. The Balaban J connectivity index is 1.80. The van der Waals surface area contributed by atoms with E-state index in [4.69, 9.17) is 9.47 Å². The van der Waals surface area contributed by atoms with E-state index in [2.05, 4.69) is 5.32 Å². The fourth-order valence-corrected chi connectivity index (χ4v) is 1.98. The van der Waals surface area contributed by atoms with Crippen molar-refractivity contribution < 1.29 is 19.4 Å². The molecule has 0 saturated carbocycles. The summed E-state index contributed by atoms with van der Waals surface area (Å²) in [5.41, 5.74) is 1.79. The van der Waals surface area contributed by atoms with Gasteiger partial charge in [0.2, 0.25) is 0 Å². The van der Waals surface area contributed by atoms with Crippen molar-refractivity contribution in [2.75, 3.05) is 13.7 Å². The summed E-state index contributed by atoms with van der Waals surface area (Å²) < 4.78 is 10.5. The lowest BCUT2D eigenvalue weighted by molar-refractivity contribution is 0.0931. The van der Waals surface area contributed by atoms with Crippen molar-refractivity contribution >= 4 is 6.09 Å². The van der Waals surface area contributed by atoms with Crippen molar-refractivity contribution in [3.63, 3.8) is 0 Å². The van der Waals surface area contributed by atoms with Gasteiger partial charge in [-0.2, -0.15) is 0 Å². The number of hydrogen-bond acceptors (Lipinski definition) is 4. The molecule has 1 unspecified atom stereocenters. The van der Waals surface area contributed by atoms with Gasteiger partial charge in [-0.15, -0.1) is 0 Å². The predicted octanol–water partition coefficient (Wildman–Crippen LogP) is 3.01. The number of carbonyl (C=O) groups is 1. The molecule has 5 nitrogen and oxygen atoms in total. The number of rotatable bonds is 6. The zero-order chi connectivity index (χ0) is 15.8. The molecule has 22 heavy (non-hydrogen) atoms. The molecule has 0 aliphatic rings. The summed E-state index contributed by atoms with van der Waals surface area (Å²) in [6.07, 6.45) is -0.797. The van der Waals surface area contributed by atoms with Crippen LogP contribution in [0.1, 0.15) is 17.2 Å². The largest absolute Gasteiger partial charge is 0.508 e. The van der Waals surface area contributed by atoms with E-state index in [9.17, 15) is 9.90 Å². The van der Waals surface area contributed by atoms with Crippen molar-refractivity contribution in [1.82, 2.24) is 5.32 Å². The Morgan fingerprint density at radius 2 is 1.82 bits per heavy atom. The quantitative estimate of drug-likeness (QED) is 0.860. The van der Waals surface area contributed by atoms with Gasteiger partial charge in [0.1, 0.15) is 12.4 Å². The molecule has 0 radical (unpaired) electrons. The molecule has 0 aliphatic carbocycles. The highest BCUT2D eigenvalue weighted by molar-refractivity contribution is 5.67. The summed E-state index contributed by atoms with van der Waals surface area (Å²) in [4.78, 5) is 11.7. The SMILES string of the molecule is COC(CNC(=O)OCc1ccccc1)c1ccc(O)cc1. The van der Waals surface area contributed by atoms with Gasteiger partial charge in [-0.25, -0.2) is 4.79 Å². The molecule has 2 N–H and O–H groups in total. The minimum atomic E-state index is -0.496. The van der Waals surface area contributed by atoms with Crippen molar-refractivity contribution in [2.45, 2.75) is 12.7 Å². The summed E-state index contributed by atoms with van der Waals surface area (Å²) in [7, 11) is 1.56. The maximum atomic E-state index is 11.7. The number of aromatic hydroxyl groups is 1. The Bertz CT molecular complexity index is 583. The summed E-state index contributed by atoms with van der Waals surface area (Å²) in [5, 5.41) is 11.9. The third-order valence-electron chi connectivity index (χ3n) is 3.19. The third kappa shape index (κ3) is 4.79. The first-order valence-electron chi connectivity index (χ1n) is 6.95. The Hall–Kier alpha value is -2.53. The Morgan fingerprint density at radius 3 is 2.45 bits per heavy atom. The van der Waals surface area contributed by atoms with Crippen LogP contribution in [0.15, 0.2) is 54.6 Å². The Morgan fingerprint density at radius 1 is 1.14 bits per heavy atom. The smallest absolute Gasteiger partial charge is 0.407 e. The number of nitrogens with one attached hydrogen (secondary N) is 1. The molecule has 0 aromatic heterocycles. The first kappa shape index (κ1) is 15.9. The molecule has 0 fully saturated rings. The zero-order valence-electron chi connectivity index (χ0n) is 12.4. The second-order valence-corrected chi connectivity index (χ2v) is 4.76. The number of carbonyl (C=O) groups excluding carboxylic acids is 1. The lowest BCUT2D eigenvalue weighted by Gasteiger charge is -2.16. The van der Waals surface area contributed by atoms with Crippen molar-refractivity contribution in [1.29, 1.82) is 0 Å². The van der Waals surface area contributed by atoms with Gasteiger partial charge in [-0.1, -0.05) is 42.5 Å². The number of amides is 1. The summed E-state index contributed by atoms with van der Waals surface area (Å²) in [6.45, 7) is 0.512. The standard InChI is InChI=1S/C17H19NO4/c1-21-16(14-7-9-15(19)10-8-14)11-18-17(20)22-12-13-5-3-2-4-6-13/h2-10,16,19H,11-12H2,1H3,(H,18,20). The van der Waals surface area contributed by atoms with Crippen LogP contribution in [0.3, 0.4) is 0 Å². The van der Waals surface area contributed by atoms with Crippen LogP contribution in [0.4, 0.5) is 4.79 Å². The minimum absolute atomic E-state index is 0.189. The second kappa shape index (κ2) is 8.05. The lowest BCUT2D eigenvalue weighted by atomic mass is 10.1. The Kier molecular flexibility index (Phi) is 5.80.